The van der Waals surface area contributed by atoms with Gasteiger partial charge >= 0.3 is 5.97 Å². The van der Waals surface area contributed by atoms with Crippen molar-refractivity contribution in [2.75, 3.05) is 6.61 Å². The normalized spacial score (nSPS) is 11.4. The molecule has 0 radical (unpaired) electrons. The number of amides is 1. The summed E-state index contributed by atoms with van der Waals surface area (Å²) in [5, 5.41) is 11.1. The number of hydrogen-bond donors (Lipinski definition) is 1. The first-order valence-corrected chi connectivity index (χ1v) is 9.58. The highest BCUT2D eigenvalue weighted by Gasteiger charge is 2.09. The van der Waals surface area contributed by atoms with E-state index in [0.29, 0.717) is 16.9 Å². The Labute approximate surface area is 166 Å². The fourth-order valence-electron chi connectivity index (χ4n) is 2.51. The van der Waals surface area contributed by atoms with Crippen molar-refractivity contribution >= 4 is 23.2 Å². The van der Waals surface area contributed by atoms with Crippen molar-refractivity contribution in [3.63, 3.8) is 0 Å². The molecule has 0 saturated heterocycles. The van der Waals surface area contributed by atoms with Gasteiger partial charge in [-0.2, -0.15) is 4.99 Å². The second-order valence-electron chi connectivity index (χ2n) is 6.31. The maximum absolute atomic E-state index is 12.1. The van der Waals surface area contributed by atoms with E-state index < -0.39 is 18.5 Å². The highest BCUT2D eigenvalue weighted by molar-refractivity contribution is 7.07. The minimum absolute atomic E-state index is 0.0278. The predicted octanol–water partition coefficient (Wildman–Crippen LogP) is 2.83. The number of thiazole rings is 1. The van der Waals surface area contributed by atoms with Gasteiger partial charge in [0.05, 0.1) is 6.42 Å². The van der Waals surface area contributed by atoms with E-state index in [1.165, 1.54) is 29.0 Å². The van der Waals surface area contributed by atoms with Gasteiger partial charge in [0.1, 0.15) is 5.75 Å². The minimum Gasteiger partial charge on any atom is -0.508 e. The molecule has 1 amide bonds. The van der Waals surface area contributed by atoms with E-state index >= 15 is 0 Å². The molecule has 0 fully saturated rings. The van der Waals surface area contributed by atoms with E-state index in [-0.39, 0.29) is 12.2 Å². The van der Waals surface area contributed by atoms with Gasteiger partial charge in [-0.3, -0.25) is 9.59 Å². The number of esters is 1. The molecule has 1 heterocycles. The summed E-state index contributed by atoms with van der Waals surface area (Å²) in [7, 11) is 0. The van der Waals surface area contributed by atoms with Crippen molar-refractivity contribution in [1.82, 2.24) is 4.57 Å². The minimum atomic E-state index is -0.520. The lowest BCUT2D eigenvalue weighted by Crippen LogP contribution is -2.20. The van der Waals surface area contributed by atoms with Gasteiger partial charge in [-0.25, -0.2) is 0 Å². The van der Waals surface area contributed by atoms with E-state index in [1.807, 2.05) is 47.3 Å². The third-order valence-corrected chi connectivity index (χ3v) is 4.79. The molecule has 2 aromatic carbocycles. The molecule has 0 spiro atoms. The van der Waals surface area contributed by atoms with Crippen LogP contribution in [0.3, 0.4) is 0 Å². The number of rotatable bonds is 6. The number of aryl methyl sites for hydroxylation is 1. The van der Waals surface area contributed by atoms with Crippen LogP contribution in [-0.4, -0.2) is 28.2 Å². The summed E-state index contributed by atoms with van der Waals surface area (Å²) in [5.74, 6) is -0.909. The van der Waals surface area contributed by atoms with Crippen molar-refractivity contribution in [3.8, 4) is 5.75 Å². The van der Waals surface area contributed by atoms with Crippen LogP contribution in [0.5, 0.6) is 5.75 Å². The first-order chi connectivity index (χ1) is 13.5. The van der Waals surface area contributed by atoms with Crippen LogP contribution in [0.4, 0.5) is 0 Å². The Morgan fingerprint density at radius 3 is 2.46 bits per heavy atom. The van der Waals surface area contributed by atoms with Crippen LogP contribution < -0.4 is 4.80 Å². The molecule has 0 saturated carbocycles. The monoisotopic (exact) mass is 396 g/mol. The Bertz CT molecular complexity index is 1020. The second kappa shape index (κ2) is 9.14. The highest BCUT2D eigenvalue weighted by atomic mass is 32.1. The maximum atomic E-state index is 12.1. The molecule has 0 bridgehead atoms. The van der Waals surface area contributed by atoms with Gasteiger partial charge in [0, 0.05) is 18.1 Å². The molecule has 144 valence electrons. The smallest absolute Gasteiger partial charge is 0.310 e. The number of aromatic nitrogens is 1. The first-order valence-electron chi connectivity index (χ1n) is 8.70. The lowest BCUT2D eigenvalue weighted by molar-refractivity contribution is -0.147. The van der Waals surface area contributed by atoms with E-state index in [4.69, 9.17) is 4.74 Å². The molecule has 1 N–H and O–H groups in total. The van der Waals surface area contributed by atoms with E-state index in [2.05, 4.69) is 4.99 Å². The SMILES string of the molecule is Cc1ccc(Cn2ccsc2=NC(=O)COC(=O)Cc2ccc(O)cc2)cc1. The van der Waals surface area contributed by atoms with Crippen LogP contribution in [-0.2, 0) is 27.3 Å². The lowest BCUT2D eigenvalue weighted by Gasteiger charge is -2.04. The van der Waals surface area contributed by atoms with Crippen molar-refractivity contribution < 1.29 is 19.4 Å². The summed E-state index contributed by atoms with van der Waals surface area (Å²) in [6.45, 7) is 2.24. The van der Waals surface area contributed by atoms with Gasteiger partial charge in [-0.05, 0) is 30.2 Å². The predicted molar refractivity (Wildman–Crippen MR) is 106 cm³/mol. The number of benzene rings is 2. The van der Waals surface area contributed by atoms with E-state index in [1.54, 1.807) is 12.1 Å². The van der Waals surface area contributed by atoms with E-state index in [0.717, 1.165) is 5.56 Å². The Hall–Kier alpha value is -3.19. The van der Waals surface area contributed by atoms with Crippen molar-refractivity contribution in [3.05, 3.63) is 81.6 Å². The molecule has 0 unspecified atom stereocenters. The van der Waals surface area contributed by atoms with Gasteiger partial charge in [0.15, 0.2) is 11.4 Å². The summed E-state index contributed by atoms with van der Waals surface area (Å²) in [6, 6.07) is 14.4. The molecule has 6 nitrogen and oxygen atoms in total. The van der Waals surface area contributed by atoms with Crippen LogP contribution in [0.15, 0.2) is 65.1 Å². The van der Waals surface area contributed by atoms with Crippen molar-refractivity contribution in [1.29, 1.82) is 0 Å². The van der Waals surface area contributed by atoms with Crippen LogP contribution in [0.25, 0.3) is 0 Å². The fraction of sp³-hybridized carbons (Fsp3) is 0.190. The third kappa shape index (κ3) is 5.65. The Morgan fingerprint density at radius 2 is 1.75 bits per heavy atom. The number of aromatic hydroxyl groups is 1. The third-order valence-electron chi connectivity index (χ3n) is 4.00. The topological polar surface area (TPSA) is 80.9 Å². The molecule has 3 rings (SSSR count). The van der Waals surface area contributed by atoms with Crippen molar-refractivity contribution in [2.45, 2.75) is 19.9 Å². The molecule has 0 aliphatic rings. The zero-order valence-corrected chi connectivity index (χ0v) is 16.2. The number of phenolic OH excluding ortho intramolecular Hbond substituents is 1. The summed E-state index contributed by atoms with van der Waals surface area (Å²) >= 11 is 1.35. The number of phenols is 1. The van der Waals surface area contributed by atoms with Crippen LogP contribution in [0.2, 0.25) is 0 Å². The van der Waals surface area contributed by atoms with Gasteiger partial charge in [0.25, 0.3) is 5.91 Å². The standard InChI is InChI=1S/C21H20N2O4S/c1-15-2-4-17(5-3-15)13-23-10-11-28-21(23)22-19(25)14-27-20(26)12-16-6-8-18(24)9-7-16/h2-11,24H,12-14H2,1H3. The number of hydrogen-bond acceptors (Lipinski definition) is 5. The molecule has 1 aromatic heterocycles. The molecule has 28 heavy (non-hydrogen) atoms. The Kier molecular flexibility index (Phi) is 6.39. The van der Waals surface area contributed by atoms with Gasteiger partial charge in [-0.15, -0.1) is 11.3 Å². The molecule has 3 aromatic rings. The highest BCUT2D eigenvalue weighted by Crippen LogP contribution is 2.10. The molecule has 0 atom stereocenters. The lowest BCUT2D eigenvalue weighted by atomic mass is 10.1. The van der Waals surface area contributed by atoms with E-state index in [9.17, 15) is 14.7 Å². The number of carbonyl (C=O) groups is 2. The molecule has 0 aliphatic heterocycles. The average molecular weight is 396 g/mol. The Morgan fingerprint density at radius 1 is 1.07 bits per heavy atom. The maximum Gasteiger partial charge on any atom is 0.310 e. The quantitative estimate of drug-likeness (QED) is 0.650. The zero-order valence-electron chi connectivity index (χ0n) is 15.4. The Balaban J connectivity index is 1.57. The molecule has 7 heteroatoms. The fourth-order valence-corrected chi connectivity index (χ4v) is 3.25. The summed E-state index contributed by atoms with van der Waals surface area (Å²) in [4.78, 5) is 28.5. The number of ether oxygens (including phenoxy) is 1. The van der Waals surface area contributed by atoms with Gasteiger partial charge in [0.2, 0.25) is 0 Å². The molecule has 0 aliphatic carbocycles. The summed E-state index contributed by atoms with van der Waals surface area (Å²) in [5.41, 5.74) is 2.99. The van der Waals surface area contributed by atoms with Crippen LogP contribution in [0.1, 0.15) is 16.7 Å². The van der Waals surface area contributed by atoms with Gasteiger partial charge < -0.3 is 14.4 Å². The van der Waals surface area contributed by atoms with Crippen LogP contribution in [0, 0.1) is 6.92 Å². The van der Waals surface area contributed by atoms with Gasteiger partial charge in [-0.1, -0.05) is 42.0 Å². The van der Waals surface area contributed by atoms with Crippen LogP contribution >= 0.6 is 11.3 Å². The second-order valence-corrected chi connectivity index (χ2v) is 7.18. The average Bonchev–Trinajstić information content (AvgIpc) is 3.10. The molecular formula is C21H20N2O4S. The number of nitrogens with zero attached hydrogens (tertiary/aromatic N) is 2. The summed E-state index contributed by atoms with van der Waals surface area (Å²) in [6.07, 6.45) is 1.90. The molecular weight excluding hydrogens is 376 g/mol. The zero-order chi connectivity index (χ0) is 19.9. The first kappa shape index (κ1) is 19.6. The largest absolute Gasteiger partial charge is 0.508 e. The number of carbonyl (C=O) groups excluding carboxylic acids is 2. The van der Waals surface area contributed by atoms with Crippen molar-refractivity contribution in [2.24, 2.45) is 4.99 Å². The summed E-state index contributed by atoms with van der Waals surface area (Å²) < 4.78 is 6.89.